The van der Waals surface area contributed by atoms with Crippen molar-refractivity contribution in [2.24, 2.45) is 0 Å². The number of aliphatic carboxylic acids is 1. The smallest absolute Gasteiger partial charge is 0.307 e. The lowest BCUT2D eigenvalue weighted by molar-refractivity contribution is -0.136. The van der Waals surface area contributed by atoms with E-state index in [1.807, 2.05) is 0 Å². The van der Waals surface area contributed by atoms with Gasteiger partial charge in [0, 0.05) is 22.3 Å². The van der Waals surface area contributed by atoms with Crippen LogP contribution in [0.15, 0.2) is 24.4 Å². The fourth-order valence-corrected chi connectivity index (χ4v) is 2.76. The molecule has 0 radical (unpaired) electrons. The lowest BCUT2D eigenvalue weighted by Gasteiger charge is -2.10. The second-order valence-corrected chi connectivity index (χ2v) is 5.25. The SMILES string of the molecule is O=C(O)Cc1cnc(F)c(-c2c(Cl)cc(Cl)cc2Cl)c1. The van der Waals surface area contributed by atoms with E-state index in [9.17, 15) is 9.18 Å². The van der Waals surface area contributed by atoms with Crippen LogP contribution in [0, 0.1) is 5.95 Å². The minimum atomic E-state index is -1.04. The molecule has 0 atom stereocenters. The molecule has 0 aliphatic carbocycles. The molecule has 3 nitrogen and oxygen atoms in total. The lowest BCUT2D eigenvalue weighted by atomic mass is 10.0. The molecule has 0 aliphatic heterocycles. The number of hydrogen-bond donors (Lipinski definition) is 1. The summed E-state index contributed by atoms with van der Waals surface area (Å²) in [4.78, 5) is 14.2. The van der Waals surface area contributed by atoms with Crippen molar-refractivity contribution in [3.05, 3.63) is 51.0 Å². The molecule has 0 saturated carbocycles. The molecule has 0 spiro atoms. The first-order chi connectivity index (χ1) is 9.38. The maximum Gasteiger partial charge on any atom is 0.307 e. The van der Waals surface area contributed by atoms with E-state index in [1.165, 1.54) is 18.2 Å². The van der Waals surface area contributed by atoms with Crippen LogP contribution in [-0.4, -0.2) is 16.1 Å². The molecule has 0 bridgehead atoms. The zero-order valence-electron chi connectivity index (χ0n) is 9.83. The molecule has 2 aromatic rings. The number of hydrogen-bond acceptors (Lipinski definition) is 2. The monoisotopic (exact) mass is 333 g/mol. The summed E-state index contributed by atoms with van der Waals surface area (Å²) >= 11 is 17.8. The van der Waals surface area contributed by atoms with Crippen molar-refractivity contribution < 1.29 is 14.3 Å². The minimum Gasteiger partial charge on any atom is -0.481 e. The van der Waals surface area contributed by atoms with Crippen molar-refractivity contribution in [2.45, 2.75) is 6.42 Å². The zero-order chi connectivity index (χ0) is 14.9. The van der Waals surface area contributed by atoms with Crippen molar-refractivity contribution in [3.63, 3.8) is 0 Å². The molecule has 104 valence electrons. The van der Waals surface area contributed by atoms with E-state index in [2.05, 4.69) is 4.98 Å². The van der Waals surface area contributed by atoms with Crippen LogP contribution in [0.4, 0.5) is 4.39 Å². The van der Waals surface area contributed by atoms with Gasteiger partial charge in [0.2, 0.25) is 5.95 Å². The Morgan fingerprint density at radius 1 is 1.20 bits per heavy atom. The van der Waals surface area contributed by atoms with E-state index < -0.39 is 11.9 Å². The molecule has 7 heteroatoms. The van der Waals surface area contributed by atoms with Gasteiger partial charge in [-0.1, -0.05) is 34.8 Å². The Labute approximate surface area is 128 Å². The van der Waals surface area contributed by atoms with E-state index in [1.54, 1.807) is 0 Å². The first kappa shape index (κ1) is 15.0. The van der Waals surface area contributed by atoms with Crippen molar-refractivity contribution in [1.82, 2.24) is 4.98 Å². The standard InChI is InChI=1S/C13H7Cl3FNO2/c14-7-3-9(15)12(10(16)4-7)8-1-6(2-11(19)20)5-18-13(8)17/h1,3-5H,2H2,(H,19,20). The molecule has 20 heavy (non-hydrogen) atoms. The summed E-state index contributed by atoms with van der Waals surface area (Å²) in [5.74, 6) is -1.83. The van der Waals surface area contributed by atoms with Gasteiger partial charge < -0.3 is 5.11 Å². The van der Waals surface area contributed by atoms with Gasteiger partial charge in [-0.15, -0.1) is 0 Å². The van der Waals surface area contributed by atoms with Crippen LogP contribution < -0.4 is 0 Å². The molecule has 1 aromatic heterocycles. The Balaban J connectivity index is 2.60. The van der Waals surface area contributed by atoms with E-state index in [4.69, 9.17) is 39.9 Å². The summed E-state index contributed by atoms with van der Waals surface area (Å²) in [6.07, 6.45) is 0.883. The summed E-state index contributed by atoms with van der Waals surface area (Å²) < 4.78 is 13.8. The van der Waals surface area contributed by atoms with Gasteiger partial charge in [0.15, 0.2) is 0 Å². The summed E-state index contributed by atoms with van der Waals surface area (Å²) in [5, 5.41) is 9.40. The summed E-state index contributed by atoms with van der Waals surface area (Å²) in [7, 11) is 0. The molecule has 1 aromatic carbocycles. The molecular weight excluding hydrogens is 328 g/mol. The van der Waals surface area contributed by atoms with Crippen LogP contribution in [0.5, 0.6) is 0 Å². The van der Waals surface area contributed by atoms with Crippen molar-refractivity contribution in [2.75, 3.05) is 0 Å². The maximum absolute atomic E-state index is 13.8. The number of aromatic nitrogens is 1. The van der Waals surface area contributed by atoms with Crippen LogP contribution in [0.3, 0.4) is 0 Å². The molecule has 1 heterocycles. The van der Waals surface area contributed by atoms with Crippen molar-refractivity contribution in [3.8, 4) is 11.1 Å². The van der Waals surface area contributed by atoms with Gasteiger partial charge in [-0.2, -0.15) is 4.39 Å². The Kier molecular flexibility index (Phi) is 4.48. The van der Waals surface area contributed by atoms with E-state index >= 15 is 0 Å². The van der Waals surface area contributed by atoms with Crippen LogP contribution in [0.1, 0.15) is 5.56 Å². The number of halogens is 4. The second kappa shape index (κ2) is 5.95. The predicted octanol–water partition coefficient (Wildman–Crippen LogP) is 4.48. The fraction of sp³-hybridized carbons (Fsp3) is 0.0769. The maximum atomic E-state index is 13.8. The number of carboxylic acid groups (broad SMARTS) is 1. The highest BCUT2D eigenvalue weighted by molar-refractivity contribution is 6.41. The molecule has 0 saturated heterocycles. The average molecular weight is 335 g/mol. The highest BCUT2D eigenvalue weighted by Crippen LogP contribution is 2.38. The Bertz CT molecular complexity index is 668. The van der Waals surface area contributed by atoms with E-state index in [0.29, 0.717) is 10.6 Å². The number of pyridine rings is 1. The van der Waals surface area contributed by atoms with Crippen molar-refractivity contribution in [1.29, 1.82) is 0 Å². The number of rotatable bonds is 3. The van der Waals surface area contributed by atoms with Gasteiger partial charge in [-0.25, -0.2) is 4.98 Å². The number of carboxylic acids is 1. The molecule has 0 aliphatic rings. The largest absolute Gasteiger partial charge is 0.481 e. The predicted molar refractivity (Wildman–Crippen MR) is 76.0 cm³/mol. The van der Waals surface area contributed by atoms with Crippen LogP contribution >= 0.6 is 34.8 Å². The minimum absolute atomic E-state index is 0.0374. The van der Waals surface area contributed by atoms with Crippen molar-refractivity contribution >= 4 is 40.8 Å². The molecule has 2 rings (SSSR count). The van der Waals surface area contributed by atoms with Gasteiger partial charge in [0.1, 0.15) is 0 Å². The first-order valence-corrected chi connectivity index (χ1v) is 6.53. The van der Waals surface area contributed by atoms with Gasteiger partial charge in [-0.05, 0) is 23.8 Å². The molecule has 0 fully saturated rings. The number of nitrogens with zero attached hydrogens (tertiary/aromatic N) is 1. The van der Waals surface area contributed by atoms with Crippen LogP contribution in [0.2, 0.25) is 15.1 Å². The van der Waals surface area contributed by atoms with E-state index in [-0.39, 0.29) is 27.6 Å². The number of carbonyl (C=O) groups is 1. The average Bonchev–Trinajstić information content (AvgIpc) is 2.31. The summed E-state index contributed by atoms with van der Waals surface area (Å²) in [6, 6.07) is 4.21. The third-order valence-electron chi connectivity index (χ3n) is 2.53. The molecule has 0 amide bonds. The third-order valence-corrected chi connectivity index (χ3v) is 3.34. The van der Waals surface area contributed by atoms with Gasteiger partial charge >= 0.3 is 5.97 Å². The Morgan fingerprint density at radius 3 is 2.35 bits per heavy atom. The molecular formula is C13H7Cl3FNO2. The molecule has 1 N–H and O–H groups in total. The third kappa shape index (κ3) is 3.20. The van der Waals surface area contributed by atoms with E-state index in [0.717, 1.165) is 6.20 Å². The topological polar surface area (TPSA) is 50.2 Å². The van der Waals surface area contributed by atoms with Gasteiger partial charge in [0.25, 0.3) is 0 Å². The van der Waals surface area contributed by atoms with Crippen LogP contribution in [-0.2, 0) is 11.2 Å². The summed E-state index contributed by atoms with van der Waals surface area (Å²) in [6.45, 7) is 0. The number of benzene rings is 1. The normalized spacial score (nSPS) is 10.6. The highest BCUT2D eigenvalue weighted by atomic mass is 35.5. The van der Waals surface area contributed by atoms with Gasteiger partial charge in [-0.3, -0.25) is 4.79 Å². The van der Waals surface area contributed by atoms with Crippen LogP contribution in [0.25, 0.3) is 11.1 Å². The fourth-order valence-electron chi connectivity index (χ4n) is 1.74. The first-order valence-electron chi connectivity index (χ1n) is 5.39. The second-order valence-electron chi connectivity index (χ2n) is 4.00. The summed E-state index contributed by atoms with van der Waals surface area (Å²) in [5.41, 5.74) is 0.612. The molecule has 0 unspecified atom stereocenters. The Hall–Kier alpha value is -1.36. The Morgan fingerprint density at radius 2 is 1.80 bits per heavy atom. The quantitative estimate of drug-likeness (QED) is 0.842. The highest BCUT2D eigenvalue weighted by Gasteiger charge is 2.16. The van der Waals surface area contributed by atoms with Gasteiger partial charge in [0.05, 0.1) is 16.5 Å². The zero-order valence-corrected chi connectivity index (χ0v) is 12.1. The lowest BCUT2D eigenvalue weighted by Crippen LogP contribution is -2.02.